The molecule has 0 unspecified atom stereocenters. The molecule has 0 amide bonds. The normalized spacial score (nSPS) is 11.1. The third-order valence-corrected chi connectivity index (χ3v) is 1.88. The Morgan fingerprint density at radius 2 is 2.13 bits per heavy atom. The fourth-order valence-electron chi connectivity index (χ4n) is 1.18. The van der Waals surface area contributed by atoms with E-state index >= 15 is 0 Å². The number of hydrogen-bond donors (Lipinski definition) is 0. The fraction of sp³-hybridized carbons (Fsp3) is 0.400. The summed E-state index contributed by atoms with van der Waals surface area (Å²) < 4.78 is 0. The zero-order valence-electron chi connectivity index (χ0n) is 9.02. The second-order valence-electron chi connectivity index (χ2n) is 4.17. The van der Waals surface area contributed by atoms with E-state index in [4.69, 9.17) is 0 Å². The maximum Gasteiger partial charge on any atom is 0.382 e. The van der Waals surface area contributed by atoms with Crippen molar-refractivity contribution in [3.8, 4) is 0 Å². The number of hydrogen-bond acceptors (Lipinski definition) is 4. The Hall–Kier alpha value is -1.78. The lowest BCUT2D eigenvalue weighted by atomic mass is 9.90. The first kappa shape index (κ1) is 11.3. The van der Waals surface area contributed by atoms with E-state index in [1.807, 2.05) is 20.8 Å². The Morgan fingerprint density at radius 3 is 2.53 bits per heavy atom. The van der Waals surface area contributed by atoms with Gasteiger partial charge in [-0.2, -0.15) is 0 Å². The van der Waals surface area contributed by atoms with Crippen molar-refractivity contribution in [2.75, 3.05) is 0 Å². The Balaban J connectivity index is 3.38. The van der Waals surface area contributed by atoms with Crippen LogP contribution >= 0.6 is 0 Å². The molecule has 5 heteroatoms. The highest BCUT2D eigenvalue weighted by Gasteiger charge is 2.26. The third-order valence-electron chi connectivity index (χ3n) is 1.88. The van der Waals surface area contributed by atoms with Crippen LogP contribution < -0.4 is 0 Å². The van der Waals surface area contributed by atoms with Gasteiger partial charge in [0.05, 0.1) is 0 Å². The van der Waals surface area contributed by atoms with Crippen molar-refractivity contribution in [1.29, 1.82) is 0 Å². The molecule has 0 spiro atoms. The lowest BCUT2D eigenvalue weighted by molar-refractivity contribution is -0.390. The standard InChI is InChI=1S/C10H13N3O2/c1-5-7-9(10(2,3)4)12-8(6-11-7)13(14)15/h5-6H,1H2,2-4H3. The van der Waals surface area contributed by atoms with Crippen LogP contribution in [0.2, 0.25) is 0 Å². The minimum atomic E-state index is -0.547. The van der Waals surface area contributed by atoms with E-state index in [0.717, 1.165) is 6.20 Å². The third kappa shape index (κ3) is 2.37. The van der Waals surface area contributed by atoms with Crippen molar-refractivity contribution in [1.82, 2.24) is 9.97 Å². The summed E-state index contributed by atoms with van der Waals surface area (Å²) in [5.74, 6) is -0.231. The highest BCUT2D eigenvalue weighted by atomic mass is 16.6. The zero-order chi connectivity index (χ0) is 11.6. The Labute approximate surface area is 88.0 Å². The quantitative estimate of drug-likeness (QED) is 0.551. The van der Waals surface area contributed by atoms with E-state index in [2.05, 4.69) is 16.5 Å². The predicted molar refractivity (Wildman–Crippen MR) is 57.5 cm³/mol. The summed E-state index contributed by atoms with van der Waals surface area (Å²) in [7, 11) is 0. The van der Waals surface area contributed by atoms with Crippen molar-refractivity contribution in [2.24, 2.45) is 0 Å². The van der Waals surface area contributed by atoms with Crippen LogP contribution in [0.1, 0.15) is 32.2 Å². The molecule has 0 aromatic carbocycles. The minimum Gasteiger partial charge on any atom is -0.358 e. The van der Waals surface area contributed by atoms with Gasteiger partial charge >= 0.3 is 5.82 Å². The average Bonchev–Trinajstić information content (AvgIpc) is 2.15. The summed E-state index contributed by atoms with van der Waals surface area (Å²) in [5.41, 5.74) is 0.891. The van der Waals surface area contributed by atoms with Gasteiger partial charge in [-0.25, -0.2) is 4.98 Å². The van der Waals surface area contributed by atoms with Gasteiger partial charge in [0.25, 0.3) is 0 Å². The zero-order valence-corrected chi connectivity index (χ0v) is 9.02. The molecule has 0 N–H and O–H groups in total. The van der Waals surface area contributed by atoms with Crippen LogP contribution in [0.15, 0.2) is 12.8 Å². The highest BCUT2D eigenvalue weighted by Crippen LogP contribution is 2.25. The molecule has 15 heavy (non-hydrogen) atoms. The lowest BCUT2D eigenvalue weighted by Gasteiger charge is -2.14. The van der Waals surface area contributed by atoms with E-state index in [-0.39, 0.29) is 11.2 Å². The maximum atomic E-state index is 10.6. The van der Waals surface area contributed by atoms with Crippen LogP contribution in [-0.4, -0.2) is 14.9 Å². The molecule has 5 nitrogen and oxygen atoms in total. The molecule has 0 saturated heterocycles. The predicted octanol–water partition coefficient (Wildman–Crippen LogP) is 2.33. The van der Waals surface area contributed by atoms with Gasteiger partial charge in [-0.05, 0) is 16.0 Å². The summed E-state index contributed by atoms with van der Waals surface area (Å²) in [6.07, 6.45) is 2.70. The Morgan fingerprint density at radius 1 is 1.53 bits per heavy atom. The van der Waals surface area contributed by atoms with Gasteiger partial charge in [-0.1, -0.05) is 27.4 Å². The molecule has 0 aliphatic heterocycles. The second-order valence-corrected chi connectivity index (χ2v) is 4.17. The van der Waals surface area contributed by atoms with E-state index in [1.54, 1.807) is 6.08 Å². The monoisotopic (exact) mass is 207 g/mol. The van der Waals surface area contributed by atoms with Gasteiger partial charge in [0.1, 0.15) is 11.9 Å². The van der Waals surface area contributed by atoms with Gasteiger partial charge in [0.2, 0.25) is 0 Å². The van der Waals surface area contributed by atoms with Gasteiger partial charge in [-0.15, -0.1) is 0 Å². The Kier molecular flexibility index (Phi) is 2.83. The summed E-state index contributed by atoms with van der Waals surface area (Å²) in [6, 6.07) is 0. The van der Waals surface area contributed by atoms with Crippen molar-refractivity contribution < 1.29 is 4.92 Å². The van der Waals surface area contributed by atoms with Gasteiger partial charge in [0, 0.05) is 5.41 Å². The number of nitrogens with zero attached hydrogens (tertiary/aromatic N) is 3. The number of rotatable bonds is 2. The molecule has 0 radical (unpaired) electrons. The van der Waals surface area contributed by atoms with Crippen molar-refractivity contribution in [3.63, 3.8) is 0 Å². The average molecular weight is 207 g/mol. The molecule has 0 fully saturated rings. The van der Waals surface area contributed by atoms with E-state index in [0.29, 0.717) is 11.4 Å². The fourth-order valence-corrected chi connectivity index (χ4v) is 1.18. The van der Waals surface area contributed by atoms with E-state index in [9.17, 15) is 10.1 Å². The first-order valence-corrected chi connectivity index (χ1v) is 4.50. The topological polar surface area (TPSA) is 68.9 Å². The smallest absolute Gasteiger partial charge is 0.358 e. The van der Waals surface area contributed by atoms with E-state index in [1.165, 1.54) is 0 Å². The first-order valence-electron chi connectivity index (χ1n) is 4.50. The van der Waals surface area contributed by atoms with Crippen LogP contribution in [0.4, 0.5) is 5.82 Å². The molecule has 0 bridgehead atoms. The summed E-state index contributed by atoms with van der Waals surface area (Å²) >= 11 is 0. The molecule has 1 aromatic heterocycles. The SMILES string of the molecule is C=Cc1ncc([N+](=O)[O-])nc1C(C)(C)C. The molecule has 0 aliphatic rings. The highest BCUT2D eigenvalue weighted by molar-refractivity contribution is 5.47. The van der Waals surface area contributed by atoms with Gasteiger partial charge < -0.3 is 10.1 Å². The maximum absolute atomic E-state index is 10.6. The van der Waals surface area contributed by atoms with Crippen molar-refractivity contribution >= 4 is 11.9 Å². The van der Waals surface area contributed by atoms with Crippen LogP contribution in [0.25, 0.3) is 6.08 Å². The number of aromatic nitrogens is 2. The summed E-state index contributed by atoms with van der Waals surface area (Å²) in [6.45, 7) is 9.38. The van der Waals surface area contributed by atoms with Crippen LogP contribution in [0.5, 0.6) is 0 Å². The van der Waals surface area contributed by atoms with Crippen LogP contribution in [-0.2, 0) is 5.41 Å². The van der Waals surface area contributed by atoms with Crippen molar-refractivity contribution in [3.05, 3.63) is 34.3 Å². The summed E-state index contributed by atoms with van der Waals surface area (Å²) in [4.78, 5) is 18.0. The molecular formula is C10H13N3O2. The Bertz CT molecular complexity index is 408. The van der Waals surface area contributed by atoms with Crippen LogP contribution in [0, 0.1) is 10.1 Å². The van der Waals surface area contributed by atoms with E-state index < -0.39 is 4.92 Å². The molecular weight excluding hydrogens is 194 g/mol. The molecule has 1 heterocycles. The lowest BCUT2D eigenvalue weighted by Crippen LogP contribution is -2.17. The molecule has 0 atom stereocenters. The molecule has 0 aliphatic carbocycles. The van der Waals surface area contributed by atoms with Gasteiger partial charge in [0.15, 0.2) is 5.69 Å². The number of nitro groups is 1. The molecule has 80 valence electrons. The summed E-state index contributed by atoms with van der Waals surface area (Å²) in [5, 5.41) is 10.6. The largest absolute Gasteiger partial charge is 0.382 e. The van der Waals surface area contributed by atoms with Crippen molar-refractivity contribution in [2.45, 2.75) is 26.2 Å². The molecule has 0 saturated carbocycles. The second kappa shape index (κ2) is 3.76. The van der Waals surface area contributed by atoms with Crippen LogP contribution in [0.3, 0.4) is 0 Å². The molecule has 1 rings (SSSR count). The molecule has 1 aromatic rings. The first-order chi connectivity index (χ1) is 6.86. The minimum absolute atomic E-state index is 0.231. The van der Waals surface area contributed by atoms with Gasteiger partial charge in [-0.3, -0.25) is 0 Å².